The van der Waals surface area contributed by atoms with Crippen LogP contribution >= 0.6 is 0 Å². The van der Waals surface area contributed by atoms with Crippen LogP contribution in [-0.2, 0) is 16.1 Å². The van der Waals surface area contributed by atoms with E-state index in [-0.39, 0.29) is 36.2 Å². The Bertz CT molecular complexity index is 1190. The fraction of sp³-hybridized carbons (Fsp3) is 0.370. The number of hydrogen-bond acceptors (Lipinski definition) is 4. The van der Waals surface area contributed by atoms with Crippen LogP contribution in [-0.4, -0.2) is 29.4 Å². The number of ether oxygens (including phenoxy) is 1. The number of aromatic nitrogens is 1. The summed E-state index contributed by atoms with van der Waals surface area (Å²) in [6.45, 7) is 3.95. The van der Waals surface area contributed by atoms with E-state index >= 15 is 0 Å². The van der Waals surface area contributed by atoms with Crippen LogP contribution in [0.1, 0.15) is 42.5 Å². The Labute approximate surface area is 198 Å². The molecule has 0 radical (unpaired) electrons. The molecule has 4 rings (SSSR count). The van der Waals surface area contributed by atoms with Gasteiger partial charge in [-0.1, -0.05) is 23.8 Å². The highest BCUT2D eigenvalue weighted by molar-refractivity contribution is 5.80. The van der Waals surface area contributed by atoms with Crippen LogP contribution in [0.3, 0.4) is 0 Å². The van der Waals surface area contributed by atoms with Crippen LogP contribution in [0.15, 0.2) is 48.5 Å². The number of aryl methyl sites for hydroxylation is 2. The number of pyridine rings is 1. The minimum atomic E-state index is -0.360. The first kappa shape index (κ1) is 23.7. The number of nitrogens with zero attached hydrogens (tertiary/aromatic N) is 1. The van der Waals surface area contributed by atoms with Gasteiger partial charge in [-0.3, -0.25) is 14.6 Å². The first-order valence-corrected chi connectivity index (χ1v) is 11.7. The van der Waals surface area contributed by atoms with Gasteiger partial charge in [0.2, 0.25) is 5.91 Å². The SMILES string of the molecule is Cc1ccc2nc(CNC(=O)C3CCC(NC(=O)COc4ccc(C)c(F)c4)CC3)ccc2c1. The maximum absolute atomic E-state index is 13.6. The average molecular weight is 464 g/mol. The van der Waals surface area contributed by atoms with E-state index < -0.39 is 0 Å². The average Bonchev–Trinajstić information content (AvgIpc) is 2.83. The fourth-order valence-electron chi connectivity index (χ4n) is 4.29. The Kier molecular flexibility index (Phi) is 7.40. The van der Waals surface area contributed by atoms with Gasteiger partial charge in [0.05, 0.1) is 17.8 Å². The number of carbonyl (C=O) groups is 2. The maximum Gasteiger partial charge on any atom is 0.258 e. The zero-order valence-corrected chi connectivity index (χ0v) is 19.6. The maximum atomic E-state index is 13.6. The lowest BCUT2D eigenvalue weighted by Gasteiger charge is -2.28. The number of amides is 2. The molecular weight excluding hydrogens is 433 g/mol. The lowest BCUT2D eigenvalue weighted by Crippen LogP contribution is -2.42. The van der Waals surface area contributed by atoms with Gasteiger partial charge in [0.25, 0.3) is 5.91 Å². The second-order valence-electron chi connectivity index (χ2n) is 9.03. The van der Waals surface area contributed by atoms with E-state index in [2.05, 4.69) is 28.6 Å². The predicted octanol–water partition coefficient (Wildman–Crippen LogP) is 4.36. The Morgan fingerprint density at radius 1 is 1.03 bits per heavy atom. The molecular formula is C27H30FN3O3. The number of rotatable bonds is 7. The number of nitrogens with one attached hydrogen (secondary N) is 2. The standard InChI is InChI=1S/C27H30FN3O3/c1-17-3-12-25-20(13-17)7-10-22(30-25)15-29-27(33)19-5-8-21(9-6-19)31-26(32)16-34-23-11-4-18(2)24(28)14-23/h3-4,7,10-14,19,21H,5-6,8-9,15-16H2,1-2H3,(H,29,33)(H,31,32). The van der Waals surface area contributed by atoms with Gasteiger partial charge < -0.3 is 15.4 Å². The third kappa shape index (κ3) is 6.10. The topological polar surface area (TPSA) is 80.3 Å². The van der Waals surface area contributed by atoms with Crippen molar-refractivity contribution in [2.75, 3.05) is 6.61 Å². The van der Waals surface area contributed by atoms with Gasteiger partial charge >= 0.3 is 0 Å². The molecule has 0 unspecified atom stereocenters. The molecule has 0 atom stereocenters. The molecule has 1 aliphatic carbocycles. The molecule has 1 fully saturated rings. The zero-order valence-electron chi connectivity index (χ0n) is 19.6. The molecule has 2 amide bonds. The minimum absolute atomic E-state index is 0.0144. The molecule has 3 aromatic rings. The van der Waals surface area contributed by atoms with Gasteiger partial charge in [-0.2, -0.15) is 0 Å². The zero-order chi connectivity index (χ0) is 24.1. The van der Waals surface area contributed by atoms with Crippen molar-refractivity contribution in [1.29, 1.82) is 0 Å². The van der Waals surface area contributed by atoms with Crippen LogP contribution in [0.4, 0.5) is 4.39 Å². The largest absolute Gasteiger partial charge is 0.484 e. The van der Waals surface area contributed by atoms with Crippen molar-refractivity contribution in [3.63, 3.8) is 0 Å². The van der Waals surface area contributed by atoms with Gasteiger partial charge in [0.1, 0.15) is 11.6 Å². The van der Waals surface area contributed by atoms with Crippen molar-refractivity contribution in [1.82, 2.24) is 15.6 Å². The summed E-state index contributed by atoms with van der Waals surface area (Å²) in [5, 5.41) is 7.05. The van der Waals surface area contributed by atoms with Crippen LogP contribution < -0.4 is 15.4 Å². The summed E-state index contributed by atoms with van der Waals surface area (Å²) in [6.07, 6.45) is 2.89. The highest BCUT2D eigenvalue weighted by Gasteiger charge is 2.27. The lowest BCUT2D eigenvalue weighted by molar-refractivity contribution is -0.126. The molecule has 0 bridgehead atoms. The van der Waals surface area contributed by atoms with E-state index in [1.54, 1.807) is 19.1 Å². The summed E-state index contributed by atoms with van der Waals surface area (Å²) >= 11 is 0. The second kappa shape index (κ2) is 10.6. The van der Waals surface area contributed by atoms with Crippen LogP contribution in [0.2, 0.25) is 0 Å². The van der Waals surface area contributed by atoms with E-state index in [0.29, 0.717) is 30.7 Å². The normalized spacial score (nSPS) is 17.9. The van der Waals surface area contributed by atoms with E-state index in [1.165, 1.54) is 11.6 Å². The van der Waals surface area contributed by atoms with E-state index in [9.17, 15) is 14.0 Å². The van der Waals surface area contributed by atoms with Crippen molar-refractivity contribution in [3.8, 4) is 5.75 Å². The Hall–Kier alpha value is -3.48. The third-order valence-corrected chi connectivity index (χ3v) is 6.32. The Morgan fingerprint density at radius 2 is 1.82 bits per heavy atom. The summed E-state index contributed by atoms with van der Waals surface area (Å²) in [5.74, 6) is -0.314. The summed E-state index contributed by atoms with van der Waals surface area (Å²) < 4.78 is 19.0. The third-order valence-electron chi connectivity index (χ3n) is 6.32. The monoisotopic (exact) mass is 463 g/mol. The fourth-order valence-corrected chi connectivity index (χ4v) is 4.29. The molecule has 0 saturated heterocycles. The molecule has 178 valence electrons. The summed E-state index contributed by atoms with van der Waals surface area (Å²) in [4.78, 5) is 29.5. The molecule has 0 aliphatic heterocycles. The molecule has 2 N–H and O–H groups in total. The van der Waals surface area contributed by atoms with Gasteiger partial charge in [-0.15, -0.1) is 0 Å². The van der Waals surface area contributed by atoms with Crippen LogP contribution in [0.5, 0.6) is 5.75 Å². The second-order valence-corrected chi connectivity index (χ2v) is 9.03. The van der Waals surface area contributed by atoms with Crippen molar-refractivity contribution in [2.24, 2.45) is 5.92 Å². The Morgan fingerprint density at radius 3 is 2.59 bits per heavy atom. The van der Waals surface area contributed by atoms with Crippen molar-refractivity contribution >= 4 is 22.7 Å². The van der Waals surface area contributed by atoms with E-state index in [1.807, 2.05) is 24.3 Å². The smallest absolute Gasteiger partial charge is 0.258 e. The highest BCUT2D eigenvalue weighted by Crippen LogP contribution is 2.25. The molecule has 7 heteroatoms. The number of benzene rings is 2. The molecule has 34 heavy (non-hydrogen) atoms. The first-order valence-electron chi connectivity index (χ1n) is 11.7. The van der Waals surface area contributed by atoms with E-state index in [0.717, 1.165) is 29.4 Å². The number of hydrogen-bond donors (Lipinski definition) is 2. The molecule has 0 spiro atoms. The molecule has 2 aromatic carbocycles. The van der Waals surface area contributed by atoms with Gasteiger partial charge in [-0.25, -0.2) is 4.39 Å². The minimum Gasteiger partial charge on any atom is -0.484 e. The molecule has 1 aromatic heterocycles. The lowest BCUT2D eigenvalue weighted by atomic mass is 9.85. The van der Waals surface area contributed by atoms with Gasteiger partial charge in [0, 0.05) is 23.4 Å². The quantitative estimate of drug-likeness (QED) is 0.546. The van der Waals surface area contributed by atoms with E-state index in [4.69, 9.17) is 4.74 Å². The summed E-state index contributed by atoms with van der Waals surface area (Å²) in [6, 6.07) is 14.7. The van der Waals surface area contributed by atoms with Gasteiger partial charge in [-0.05, 0) is 69.4 Å². The van der Waals surface area contributed by atoms with Crippen LogP contribution in [0, 0.1) is 25.6 Å². The molecule has 1 heterocycles. The van der Waals surface area contributed by atoms with Crippen molar-refractivity contribution < 1.29 is 18.7 Å². The summed E-state index contributed by atoms with van der Waals surface area (Å²) in [5.41, 5.74) is 3.47. The Balaban J connectivity index is 1.18. The van der Waals surface area contributed by atoms with Crippen LogP contribution in [0.25, 0.3) is 10.9 Å². The summed E-state index contributed by atoms with van der Waals surface area (Å²) in [7, 11) is 0. The number of halogens is 1. The first-order chi connectivity index (χ1) is 16.4. The van der Waals surface area contributed by atoms with Crippen molar-refractivity contribution in [2.45, 2.75) is 52.1 Å². The molecule has 1 aliphatic rings. The predicted molar refractivity (Wildman–Crippen MR) is 129 cm³/mol. The molecule has 6 nitrogen and oxygen atoms in total. The number of carbonyl (C=O) groups excluding carboxylic acids is 2. The van der Waals surface area contributed by atoms with Crippen molar-refractivity contribution in [3.05, 3.63) is 71.2 Å². The number of fused-ring (bicyclic) bond motifs is 1. The highest BCUT2D eigenvalue weighted by atomic mass is 19.1. The molecule has 1 saturated carbocycles. The van der Waals surface area contributed by atoms with Gasteiger partial charge in [0.15, 0.2) is 6.61 Å².